The lowest BCUT2D eigenvalue weighted by Crippen LogP contribution is -2.49. The van der Waals surface area contributed by atoms with Crippen LogP contribution in [0.3, 0.4) is 0 Å². The Kier molecular flexibility index (Phi) is 3.94. The zero-order chi connectivity index (χ0) is 14.7. The van der Waals surface area contributed by atoms with Crippen LogP contribution >= 0.6 is 0 Å². The Morgan fingerprint density at radius 3 is 2.57 bits per heavy atom. The lowest BCUT2D eigenvalue weighted by Gasteiger charge is -2.28. The van der Waals surface area contributed by atoms with Gasteiger partial charge in [-0.05, 0) is 44.0 Å². The van der Waals surface area contributed by atoms with E-state index < -0.39 is 5.79 Å². The number of nitrogens with zero attached hydrogens (tertiary/aromatic N) is 2. The number of aliphatic imine (C=N–C) groups is 1. The van der Waals surface area contributed by atoms with E-state index in [2.05, 4.69) is 27.3 Å². The third-order valence-electron chi connectivity index (χ3n) is 4.17. The third kappa shape index (κ3) is 3.25. The molecule has 1 fully saturated rings. The zero-order valence-corrected chi connectivity index (χ0v) is 12.3. The second-order valence-electron chi connectivity index (χ2n) is 5.78. The number of hydrogen-bond donors (Lipinski definition) is 3. The molecule has 1 saturated heterocycles. The van der Waals surface area contributed by atoms with Gasteiger partial charge >= 0.3 is 0 Å². The molecule has 2 heterocycles. The Morgan fingerprint density at radius 2 is 1.90 bits per heavy atom. The average molecular weight is 285 g/mol. The molecule has 0 saturated carbocycles. The van der Waals surface area contributed by atoms with Gasteiger partial charge in [-0.15, -0.1) is 0 Å². The molecule has 0 aromatic heterocycles. The fraction of sp³-hybridized carbons (Fsp3) is 0.438. The van der Waals surface area contributed by atoms with Crippen LogP contribution < -0.4 is 16.8 Å². The molecule has 2 aliphatic heterocycles. The highest BCUT2D eigenvalue weighted by molar-refractivity contribution is 5.92. The van der Waals surface area contributed by atoms with Crippen LogP contribution in [-0.2, 0) is 12.2 Å². The highest BCUT2D eigenvalue weighted by Gasteiger charge is 2.26. The van der Waals surface area contributed by atoms with Crippen LogP contribution in [0.25, 0.3) is 0 Å². The summed E-state index contributed by atoms with van der Waals surface area (Å²) in [5.41, 5.74) is 14.2. The summed E-state index contributed by atoms with van der Waals surface area (Å²) in [4.78, 5) is 6.81. The molecule has 5 heteroatoms. The van der Waals surface area contributed by atoms with Crippen molar-refractivity contribution in [1.29, 1.82) is 0 Å². The molecule has 1 aromatic rings. The van der Waals surface area contributed by atoms with E-state index in [1.165, 1.54) is 31.5 Å². The van der Waals surface area contributed by atoms with Crippen LogP contribution in [0.2, 0.25) is 0 Å². The van der Waals surface area contributed by atoms with Crippen molar-refractivity contribution in [3.63, 3.8) is 0 Å². The molecule has 0 aliphatic carbocycles. The molecule has 5 N–H and O–H groups in total. The Labute approximate surface area is 125 Å². The van der Waals surface area contributed by atoms with Gasteiger partial charge in [0.15, 0.2) is 0 Å². The number of amidine groups is 1. The predicted octanol–water partition coefficient (Wildman–Crippen LogP) is 0.868. The number of benzene rings is 1. The predicted molar refractivity (Wildman–Crippen MR) is 85.6 cm³/mol. The SMILES string of the molecule is NC1=NC(N)(c2ccc(CCN3CCCC3)cc2)NC=C1. The van der Waals surface area contributed by atoms with Gasteiger partial charge in [0.05, 0.1) is 0 Å². The van der Waals surface area contributed by atoms with Crippen molar-refractivity contribution in [3.05, 3.63) is 47.7 Å². The molecule has 1 unspecified atom stereocenters. The quantitative estimate of drug-likeness (QED) is 0.767. The minimum atomic E-state index is -0.952. The highest BCUT2D eigenvalue weighted by atomic mass is 15.3. The van der Waals surface area contributed by atoms with Gasteiger partial charge in [-0.25, -0.2) is 4.99 Å². The summed E-state index contributed by atoms with van der Waals surface area (Å²) in [6.07, 6.45) is 7.20. The van der Waals surface area contributed by atoms with Crippen molar-refractivity contribution in [2.24, 2.45) is 16.5 Å². The molecule has 0 amide bonds. The molecule has 5 nitrogen and oxygen atoms in total. The molecule has 2 aliphatic rings. The van der Waals surface area contributed by atoms with Crippen LogP contribution in [0.15, 0.2) is 41.5 Å². The van der Waals surface area contributed by atoms with Crippen LogP contribution in [-0.4, -0.2) is 30.4 Å². The highest BCUT2D eigenvalue weighted by Crippen LogP contribution is 2.20. The first-order valence-electron chi connectivity index (χ1n) is 7.56. The van der Waals surface area contributed by atoms with E-state index in [1.807, 2.05) is 12.1 Å². The second-order valence-corrected chi connectivity index (χ2v) is 5.78. The Bertz CT molecular complexity index is 542. The van der Waals surface area contributed by atoms with E-state index >= 15 is 0 Å². The van der Waals surface area contributed by atoms with Crippen molar-refractivity contribution in [3.8, 4) is 0 Å². The minimum absolute atomic E-state index is 0.439. The molecule has 1 aromatic carbocycles. The minimum Gasteiger partial charge on any atom is -0.384 e. The number of nitrogens with one attached hydrogen (secondary N) is 1. The lowest BCUT2D eigenvalue weighted by molar-refractivity contribution is 0.343. The van der Waals surface area contributed by atoms with Gasteiger partial charge in [0.1, 0.15) is 5.84 Å². The second kappa shape index (κ2) is 5.87. The summed E-state index contributed by atoms with van der Waals surface area (Å²) in [5.74, 6) is -0.513. The largest absolute Gasteiger partial charge is 0.384 e. The number of rotatable bonds is 4. The van der Waals surface area contributed by atoms with Crippen LogP contribution in [0.4, 0.5) is 0 Å². The van der Waals surface area contributed by atoms with Crippen molar-refractivity contribution in [2.75, 3.05) is 19.6 Å². The first kappa shape index (κ1) is 14.1. The maximum atomic E-state index is 6.26. The molecule has 1 atom stereocenters. The molecule has 0 radical (unpaired) electrons. The molecule has 0 bridgehead atoms. The van der Waals surface area contributed by atoms with Gasteiger partial charge in [0.2, 0.25) is 5.79 Å². The third-order valence-corrected chi connectivity index (χ3v) is 4.17. The summed E-state index contributed by atoms with van der Waals surface area (Å²) in [5, 5.41) is 3.06. The van der Waals surface area contributed by atoms with Gasteiger partial charge in [-0.2, -0.15) is 0 Å². The van der Waals surface area contributed by atoms with Crippen molar-refractivity contribution in [1.82, 2.24) is 10.2 Å². The van der Waals surface area contributed by atoms with E-state index in [0.717, 1.165) is 18.5 Å². The monoisotopic (exact) mass is 285 g/mol. The van der Waals surface area contributed by atoms with Crippen LogP contribution in [0.1, 0.15) is 24.0 Å². The standard InChI is InChI=1S/C16H23N5/c17-15-7-9-19-16(18,20-15)14-5-3-13(4-6-14)8-12-21-10-1-2-11-21/h3-7,9,19H,1-2,8,10-12,18H2,(H2,17,20). The lowest BCUT2D eigenvalue weighted by atomic mass is 10.0. The molecular weight excluding hydrogens is 262 g/mol. The van der Waals surface area contributed by atoms with Gasteiger partial charge < -0.3 is 16.0 Å². The van der Waals surface area contributed by atoms with Gasteiger partial charge in [0, 0.05) is 18.3 Å². The normalized spacial score (nSPS) is 25.7. The average Bonchev–Trinajstić information content (AvgIpc) is 2.99. The van der Waals surface area contributed by atoms with E-state index in [1.54, 1.807) is 12.3 Å². The fourth-order valence-electron chi connectivity index (χ4n) is 2.89. The van der Waals surface area contributed by atoms with Crippen molar-refractivity contribution in [2.45, 2.75) is 25.0 Å². The molecule has 0 spiro atoms. The topological polar surface area (TPSA) is 79.7 Å². The van der Waals surface area contributed by atoms with Crippen LogP contribution in [0.5, 0.6) is 0 Å². The molecule has 21 heavy (non-hydrogen) atoms. The van der Waals surface area contributed by atoms with Crippen molar-refractivity contribution < 1.29 is 0 Å². The van der Waals surface area contributed by atoms with Crippen molar-refractivity contribution >= 4 is 5.84 Å². The van der Waals surface area contributed by atoms with Crippen LogP contribution in [0, 0.1) is 0 Å². The first-order valence-corrected chi connectivity index (χ1v) is 7.56. The number of hydrogen-bond acceptors (Lipinski definition) is 5. The summed E-state index contributed by atoms with van der Waals surface area (Å²) < 4.78 is 0. The Morgan fingerprint density at radius 1 is 1.19 bits per heavy atom. The number of nitrogens with two attached hydrogens (primary N) is 2. The summed E-state index contributed by atoms with van der Waals surface area (Å²) in [6, 6.07) is 8.32. The Balaban J connectivity index is 1.65. The summed E-state index contributed by atoms with van der Waals surface area (Å²) in [7, 11) is 0. The molecular formula is C16H23N5. The smallest absolute Gasteiger partial charge is 0.211 e. The maximum absolute atomic E-state index is 6.26. The van der Waals surface area contributed by atoms with E-state index in [9.17, 15) is 0 Å². The van der Waals surface area contributed by atoms with E-state index in [-0.39, 0.29) is 0 Å². The zero-order valence-electron chi connectivity index (χ0n) is 12.3. The molecule has 112 valence electrons. The van der Waals surface area contributed by atoms with Gasteiger partial charge in [0.25, 0.3) is 0 Å². The van der Waals surface area contributed by atoms with E-state index in [4.69, 9.17) is 11.5 Å². The molecule has 3 rings (SSSR count). The van der Waals surface area contributed by atoms with Gasteiger partial charge in [-0.1, -0.05) is 24.3 Å². The summed E-state index contributed by atoms with van der Waals surface area (Å²) >= 11 is 0. The summed E-state index contributed by atoms with van der Waals surface area (Å²) in [6.45, 7) is 3.63. The number of likely N-dealkylation sites (tertiary alicyclic amines) is 1. The van der Waals surface area contributed by atoms with E-state index in [0.29, 0.717) is 5.84 Å². The fourth-order valence-corrected chi connectivity index (χ4v) is 2.89. The maximum Gasteiger partial charge on any atom is 0.211 e. The van der Waals surface area contributed by atoms with Gasteiger partial charge in [-0.3, -0.25) is 5.73 Å². The Hall–Kier alpha value is -1.85. The first-order chi connectivity index (χ1) is 10.2.